The molecule has 4 aromatic rings. The van der Waals surface area contributed by atoms with Gasteiger partial charge in [-0.2, -0.15) is 0 Å². The van der Waals surface area contributed by atoms with Gasteiger partial charge in [0, 0.05) is 18.0 Å². The Morgan fingerprint density at radius 3 is 2.50 bits per heavy atom. The smallest absolute Gasteiger partial charge is 0.141 e. The van der Waals surface area contributed by atoms with Gasteiger partial charge in [-0.1, -0.05) is 42.5 Å². The molecule has 5 heteroatoms. The van der Waals surface area contributed by atoms with Gasteiger partial charge in [0.05, 0.1) is 17.1 Å². The van der Waals surface area contributed by atoms with E-state index in [1.54, 1.807) is 11.8 Å². The Labute approximate surface area is 194 Å². The van der Waals surface area contributed by atoms with Gasteiger partial charge in [-0.05, 0) is 73.2 Å². The van der Waals surface area contributed by atoms with E-state index in [2.05, 4.69) is 77.8 Å². The Morgan fingerprint density at radius 2 is 1.72 bits per heavy atom. The van der Waals surface area contributed by atoms with Crippen LogP contribution in [0.5, 0.6) is 0 Å². The fraction of sp³-hybridized carbons (Fsp3) is 0.296. The van der Waals surface area contributed by atoms with Gasteiger partial charge in [-0.15, -0.1) is 11.8 Å². The Bertz CT molecular complexity index is 1160. The Balaban J connectivity index is 1.52. The van der Waals surface area contributed by atoms with Crippen LogP contribution >= 0.6 is 11.8 Å². The number of ether oxygens (including phenoxy) is 1. The Morgan fingerprint density at radius 1 is 0.969 bits per heavy atom. The maximum atomic E-state index is 6.75. The van der Waals surface area contributed by atoms with Gasteiger partial charge in [0.15, 0.2) is 0 Å². The second-order valence-corrected chi connectivity index (χ2v) is 9.40. The predicted molar refractivity (Wildman–Crippen MR) is 133 cm³/mol. The molecule has 0 radical (unpaired) electrons. The van der Waals surface area contributed by atoms with Crippen molar-refractivity contribution in [1.82, 2.24) is 14.9 Å². The van der Waals surface area contributed by atoms with Crippen molar-refractivity contribution in [2.24, 2.45) is 0 Å². The van der Waals surface area contributed by atoms with E-state index in [1.165, 1.54) is 16.0 Å². The molecule has 1 aromatic heterocycles. The van der Waals surface area contributed by atoms with E-state index in [-0.39, 0.29) is 12.2 Å². The monoisotopic (exact) mass is 443 g/mol. The van der Waals surface area contributed by atoms with Crippen molar-refractivity contribution in [2.75, 3.05) is 26.4 Å². The minimum absolute atomic E-state index is 0.223. The third-order valence-corrected chi connectivity index (χ3v) is 6.97. The van der Waals surface area contributed by atoms with Crippen LogP contribution in [0.4, 0.5) is 0 Å². The molecule has 1 N–H and O–H groups in total. The molecule has 3 aromatic carbocycles. The average molecular weight is 444 g/mol. The minimum atomic E-state index is -0.223. The molecule has 1 unspecified atom stereocenters. The standard InChI is InChI=1S/C27H29N3OS/c1-30-15-13-22(14-16-30)31-26(27-28-24-11-3-4-12-25(24)29-27)21-9-5-7-19(17-21)20-8-6-10-23(18-20)32-2/h3-12,17-18,22,26H,13-16H2,1-2H3,(H,28,29). The number of piperidine rings is 1. The van der Waals surface area contributed by atoms with Gasteiger partial charge in [0.2, 0.25) is 0 Å². The third kappa shape index (κ3) is 4.60. The van der Waals surface area contributed by atoms with Crippen molar-refractivity contribution < 1.29 is 4.74 Å². The lowest BCUT2D eigenvalue weighted by atomic mass is 9.99. The van der Waals surface area contributed by atoms with Crippen LogP contribution in [0.3, 0.4) is 0 Å². The summed E-state index contributed by atoms with van der Waals surface area (Å²) in [6, 6.07) is 25.6. The van der Waals surface area contributed by atoms with Crippen LogP contribution in [0, 0.1) is 0 Å². The number of para-hydroxylation sites is 2. The van der Waals surface area contributed by atoms with Crippen molar-refractivity contribution in [3.8, 4) is 11.1 Å². The highest BCUT2D eigenvalue weighted by molar-refractivity contribution is 7.98. The molecule has 2 heterocycles. The number of hydrogen-bond donors (Lipinski definition) is 1. The zero-order valence-electron chi connectivity index (χ0n) is 18.6. The van der Waals surface area contributed by atoms with Crippen LogP contribution < -0.4 is 0 Å². The van der Waals surface area contributed by atoms with E-state index in [0.29, 0.717) is 0 Å². The molecule has 1 aliphatic heterocycles. The maximum absolute atomic E-state index is 6.75. The van der Waals surface area contributed by atoms with Crippen LogP contribution in [-0.4, -0.2) is 47.4 Å². The topological polar surface area (TPSA) is 41.1 Å². The summed E-state index contributed by atoms with van der Waals surface area (Å²) in [7, 11) is 2.18. The van der Waals surface area contributed by atoms with Crippen molar-refractivity contribution in [1.29, 1.82) is 0 Å². The summed E-state index contributed by atoms with van der Waals surface area (Å²) < 4.78 is 6.75. The first kappa shape index (κ1) is 21.3. The summed E-state index contributed by atoms with van der Waals surface area (Å²) in [6.07, 6.45) is 4.21. The fourth-order valence-electron chi connectivity index (χ4n) is 4.39. The van der Waals surface area contributed by atoms with Crippen molar-refractivity contribution in [2.45, 2.75) is 29.9 Å². The van der Waals surface area contributed by atoms with Gasteiger partial charge >= 0.3 is 0 Å². The maximum Gasteiger partial charge on any atom is 0.141 e. The number of nitrogens with one attached hydrogen (secondary N) is 1. The number of H-pyrrole nitrogens is 1. The molecule has 0 amide bonds. The first-order chi connectivity index (χ1) is 15.7. The van der Waals surface area contributed by atoms with Crippen LogP contribution in [0.1, 0.15) is 30.3 Å². The number of rotatable bonds is 6. The first-order valence-corrected chi connectivity index (χ1v) is 12.4. The minimum Gasteiger partial charge on any atom is -0.362 e. The number of aromatic amines is 1. The molecule has 1 aliphatic rings. The second-order valence-electron chi connectivity index (χ2n) is 8.52. The molecule has 5 rings (SSSR count). The van der Waals surface area contributed by atoms with Gasteiger partial charge in [-0.25, -0.2) is 4.98 Å². The van der Waals surface area contributed by atoms with Crippen LogP contribution in [-0.2, 0) is 4.74 Å². The number of benzene rings is 3. The number of imidazole rings is 1. The summed E-state index contributed by atoms with van der Waals surface area (Å²) in [5, 5.41) is 0. The number of thioether (sulfide) groups is 1. The molecule has 4 nitrogen and oxygen atoms in total. The van der Waals surface area contributed by atoms with E-state index in [4.69, 9.17) is 9.72 Å². The quantitative estimate of drug-likeness (QED) is 0.363. The highest BCUT2D eigenvalue weighted by atomic mass is 32.2. The van der Waals surface area contributed by atoms with Crippen LogP contribution in [0.2, 0.25) is 0 Å². The van der Waals surface area contributed by atoms with Gasteiger partial charge in [-0.3, -0.25) is 0 Å². The number of aromatic nitrogens is 2. The number of likely N-dealkylation sites (tertiary alicyclic amines) is 1. The highest BCUT2D eigenvalue weighted by Gasteiger charge is 2.26. The largest absolute Gasteiger partial charge is 0.362 e. The van der Waals surface area contributed by atoms with Gasteiger partial charge < -0.3 is 14.6 Å². The Hall–Kier alpha value is -2.60. The van der Waals surface area contributed by atoms with Crippen LogP contribution in [0.25, 0.3) is 22.2 Å². The van der Waals surface area contributed by atoms with Crippen molar-refractivity contribution >= 4 is 22.8 Å². The molecule has 0 aliphatic carbocycles. The average Bonchev–Trinajstić information content (AvgIpc) is 3.28. The van der Waals surface area contributed by atoms with Gasteiger partial charge in [0.25, 0.3) is 0 Å². The van der Waals surface area contributed by atoms with Crippen molar-refractivity contribution in [3.63, 3.8) is 0 Å². The zero-order valence-corrected chi connectivity index (χ0v) is 19.4. The summed E-state index contributed by atoms with van der Waals surface area (Å²) in [6.45, 7) is 2.14. The lowest BCUT2D eigenvalue weighted by Crippen LogP contribution is -2.35. The molecule has 32 heavy (non-hydrogen) atoms. The number of hydrogen-bond acceptors (Lipinski definition) is 4. The fourth-order valence-corrected chi connectivity index (χ4v) is 4.85. The Kier molecular flexibility index (Phi) is 6.30. The second kappa shape index (κ2) is 9.49. The van der Waals surface area contributed by atoms with Gasteiger partial charge in [0.1, 0.15) is 11.9 Å². The highest BCUT2D eigenvalue weighted by Crippen LogP contribution is 2.33. The summed E-state index contributed by atoms with van der Waals surface area (Å²) >= 11 is 1.77. The van der Waals surface area contributed by atoms with E-state index < -0.39 is 0 Å². The first-order valence-electron chi connectivity index (χ1n) is 11.2. The molecule has 1 atom stereocenters. The summed E-state index contributed by atoms with van der Waals surface area (Å²) in [5.41, 5.74) is 5.58. The lowest BCUT2D eigenvalue weighted by molar-refractivity contribution is -0.0264. The molecule has 1 fully saturated rings. The third-order valence-electron chi connectivity index (χ3n) is 6.24. The van der Waals surface area contributed by atoms with E-state index >= 15 is 0 Å². The van der Waals surface area contributed by atoms with Crippen molar-refractivity contribution in [3.05, 3.63) is 84.2 Å². The SMILES string of the molecule is CSc1cccc(-c2cccc(C(OC3CCN(C)CC3)c3nc4ccccc4[nH]3)c2)c1. The summed E-state index contributed by atoms with van der Waals surface area (Å²) in [4.78, 5) is 12.1. The van der Waals surface area contributed by atoms with E-state index in [1.807, 2.05) is 18.2 Å². The van der Waals surface area contributed by atoms with E-state index in [9.17, 15) is 0 Å². The van der Waals surface area contributed by atoms with E-state index in [0.717, 1.165) is 48.4 Å². The van der Waals surface area contributed by atoms with Crippen LogP contribution in [0.15, 0.2) is 77.7 Å². The zero-order chi connectivity index (χ0) is 21.9. The molecule has 164 valence electrons. The predicted octanol–water partition coefficient (Wildman–Crippen LogP) is 6.15. The molecular formula is C27H29N3OS. The molecule has 0 saturated carbocycles. The summed E-state index contributed by atoms with van der Waals surface area (Å²) in [5.74, 6) is 0.875. The molecule has 1 saturated heterocycles. The number of nitrogens with zero attached hydrogens (tertiary/aromatic N) is 2. The molecule has 0 bridgehead atoms. The lowest BCUT2D eigenvalue weighted by Gasteiger charge is -2.31. The normalized spacial score (nSPS) is 16.4. The number of fused-ring (bicyclic) bond motifs is 1. The molecular weight excluding hydrogens is 414 g/mol. The molecule has 0 spiro atoms.